The summed E-state index contributed by atoms with van der Waals surface area (Å²) < 4.78 is 0. The van der Waals surface area contributed by atoms with Crippen molar-refractivity contribution in [2.45, 2.75) is 83.7 Å². The summed E-state index contributed by atoms with van der Waals surface area (Å²) in [6, 6.07) is 5.64. The van der Waals surface area contributed by atoms with Crippen molar-refractivity contribution >= 4 is 17.6 Å². The van der Waals surface area contributed by atoms with E-state index in [1.807, 2.05) is 30.0 Å². The first-order valence-electron chi connectivity index (χ1n) is 12.5. The van der Waals surface area contributed by atoms with E-state index in [-0.39, 0.29) is 23.8 Å². The van der Waals surface area contributed by atoms with Gasteiger partial charge in [0.15, 0.2) is 5.82 Å². The highest BCUT2D eigenvalue weighted by atomic mass is 16.2. The van der Waals surface area contributed by atoms with Gasteiger partial charge in [0.05, 0.1) is 18.3 Å². The van der Waals surface area contributed by atoms with Gasteiger partial charge in [-0.2, -0.15) is 0 Å². The van der Waals surface area contributed by atoms with Crippen LogP contribution in [-0.4, -0.2) is 38.2 Å². The van der Waals surface area contributed by atoms with Crippen LogP contribution in [0.4, 0.5) is 5.82 Å². The van der Waals surface area contributed by atoms with Gasteiger partial charge in [0.2, 0.25) is 11.8 Å². The molecule has 0 aromatic carbocycles. The van der Waals surface area contributed by atoms with Crippen molar-refractivity contribution in [1.82, 2.24) is 19.9 Å². The number of anilines is 1. The summed E-state index contributed by atoms with van der Waals surface area (Å²) in [7, 11) is 0. The fraction of sp³-hybridized carbons (Fsp3) is 0.577. The van der Waals surface area contributed by atoms with Crippen LogP contribution in [-0.2, 0) is 22.6 Å². The molecule has 33 heavy (non-hydrogen) atoms. The molecular formula is C26H33N5O2. The molecule has 3 aliphatic rings. The van der Waals surface area contributed by atoms with Crippen molar-refractivity contribution in [3.05, 3.63) is 47.2 Å². The normalized spacial score (nSPS) is 21.7. The lowest BCUT2D eigenvalue weighted by Gasteiger charge is -2.38. The Morgan fingerprint density at radius 2 is 1.85 bits per heavy atom. The first-order valence-corrected chi connectivity index (χ1v) is 12.5. The number of likely N-dealkylation sites (tertiary alicyclic amines) is 1. The number of aromatic nitrogens is 3. The molecule has 1 aliphatic carbocycles. The maximum atomic E-state index is 13.5. The lowest BCUT2D eigenvalue weighted by molar-refractivity contribution is -0.140. The Bertz CT molecular complexity index is 1020. The standard InChI is InChI=1S/C26H33N5O2/c1-18-21-13-14-23(32)31(17-20-11-5-7-15-27-20)25(21)29-24(28-18)22-12-6-8-16-30(22)26(33)19-9-3-2-4-10-19/h5,7,11,15,19,22H,2-4,6,8-10,12-14,16-17H2,1H3/t22-/m1/s1. The zero-order valence-electron chi connectivity index (χ0n) is 19.5. The minimum atomic E-state index is -0.106. The van der Waals surface area contributed by atoms with Gasteiger partial charge in [-0.3, -0.25) is 19.5 Å². The maximum absolute atomic E-state index is 13.5. The third-order valence-corrected chi connectivity index (χ3v) is 7.44. The molecule has 7 nitrogen and oxygen atoms in total. The van der Waals surface area contributed by atoms with Crippen LogP contribution in [0.5, 0.6) is 0 Å². The number of fused-ring (bicyclic) bond motifs is 1. The van der Waals surface area contributed by atoms with Crippen molar-refractivity contribution in [2.75, 3.05) is 11.4 Å². The lowest BCUT2D eigenvalue weighted by Crippen LogP contribution is -2.43. The lowest BCUT2D eigenvalue weighted by atomic mass is 9.87. The minimum absolute atomic E-state index is 0.0657. The number of pyridine rings is 1. The molecule has 1 atom stereocenters. The Kier molecular flexibility index (Phi) is 6.38. The molecule has 2 amide bonds. The van der Waals surface area contributed by atoms with Gasteiger partial charge in [0.1, 0.15) is 5.82 Å². The van der Waals surface area contributed by atoms with Gasteiger partial charge in [0, 0.05) is 36.3 Å². The smallest absolute Gasteiger partial charge is 0.228 e. The second kappa shape index (κ2) is 9.57. The Morgan fingerprint density at radius 3 is 2.64 bits per heavy atom. The minimum Gasteiger partial charge on any atom is -0.332 e. The van der Waals surface area contributed by atoms with E-state index in [2.05, 4.69) is 4.98 Å². The molecule has 2 aromatic rings. The molecule has 0 unspecified atom stereocenters. The van der Waals surface area contributed by atoms with Gasteiger partial charge in [-0.1, -0.05) is 25.3 Å². The number of carbonyl (C=O) groups excluding carboxylic acids is 2. The summed E-state index contributed by atoms with van der Waals surface area (Å²) in [4.78, 5) is 44.5. The highest BCUT2D eigenvalue weighted by Crippen LogP contribution is 2.36. The molecule has 0 radical (unpaired) electrons. The molecule has 2 aliphatic heterocycles. The Hall–Kier alpha value is -2.83. The Morgan fingerprint density at radius 1 is 1.03 bits per heavy atom. The van der Waals surface area contributed by atoms with Gasteiger partial charge in [0.25, 0.3) is 0 Å². The molecule has 4 heterocycles. The summed E-state index contributed by atoms with van der Waals surface area (Å²) >= 11 is 0. The monoisotopic (exact) mass is 447 g/mol. The second-order valence-electron chi connectivity index (χ2n) is 9.65. The van der Waals surface area contributed by atoms with Crippen LogP contribution in [0.15, 0.2) is 24.4 Å². The van der Waals surface area contributed by atoms with E-state index in [4.69, 9.17) is 9.97 Å². The van der Waals surface area contributed by atoms with Crippen molar-refractivity contribution < 1.29 is 9.59 Å². The van der Waals surface area contributed by atoms with E-state index < -0.39 is 0 Å². The predicted octanol–water partition coefficient (Wildman–Crippen LogP) is 4.29. The number of hydrogen-bond acceptors (Lipinski definition) is 5. The van der Waals surface area contributed by atoms with E-state index in [1.54, 1.807) is 11.1 Å². The van der Waals surface area contributed by atoms with E-state index in [0.717, 1.165) is 68.4 Å². The van der Waals surface area contributed by atoms with Crippen molar-refractivity contribution in [1.29, 1.82) is 0 Å². The topological polar surface area (TPSA) is 79.3 Å². The number of aryl methyl sites for hydroxylation is 1. The van der Waals surface area contributed by atoms with Crippen LogP contribution in [0.3, 0.4) is 0 Å². The molecule has 174 valence electrons. The van der Waals surface area contributed by atoms with Crippen LogP contribution in [0, 0.1) is 12.8 Å². The van der Waals surface area contributed by atoms with Crippen molar-refractivity contribution in [3.63, 3.8) is 0 Å². The van der Waals surface area contributed by atoms with Crippen LogP contribution >= 0.6 is 0 Å². The maximum Gasteiger partial charge on any atom is 0.228 e. The summed E-state index contributed by atoms with van der Waals surface area (Å²) in [5.74, 6) is 1.88. The zero-order valence-corrected chi connectivity index (χ0v) is 19.5. The number of hydrogen-bond donors (Lipinski definition) is 0. The SMILES string of the molecule is Cc1nc([C@H]2CCCCN2C(=O)C2CCCCC2)nc2c1CCC(=O)N2Cc1ccccn1. The predicted molar refractivity (Wildman–Crippen MR) is 125 cm³/mol. The van der Waals surface area contributed by atoms with Crippen molar-refractivity contribution in [2.24, 2.45) is 5.92 Å². The van der Waals surface area contributed by atoms with E-state index >= 15 is 0 Å². The fourth-order valence-corrected chi connectivity index (χ4v) is 5.62. The third kappa shape index (κ3) is 4.50. The number of rotatable bonds is 4. The number of piperidine rings is 1. The zero-order chi connectivity index (χ0) is 22.8. The Balaban J connectivity index is 1.47. The first-order chi connectivity index (χ1) is 16.1. The average molecular weight is 448 g/mol. The van der Waals surface area contributed by atoms with E-state index in [1.165, 1.54) is 6.42 Å². The van der Waals surface area contributed by atoms with Crippen LogP contribution in [0.2, 0.25) is 0 Å². The van der Waals surface area contributed by atoms with Crippen LogP contribution in [0.1, 0.15) is 86.6 Å². The molecule has 2 fully saturated rings. The second-order valence-corrected chi connectivity index (χ2v) is 9.65. The molecule has 2 aromatic heterocycles. The molecule has 0 N–H and O–H groups in total. The molecule has 5 rings (SSSR count). The summed E-state index contributed by atoms with van der Waals surface area (Å²) in [5, 5.41) is 0. The van der Waals surface area contributed by atoms with Gasteiger partial charge in [-0.15, -0.1) is 0 Å². The highest BCUT2D eigenvalue weighted by Gasteiger charge is 2.36. The highest BCUT2D eigenvalue weighted by molar-refractivity contribution is 5.95. The van der Waals surface area contributed by atoms with Crippen LogP contribution in [0.25, 0.3) is 0 Å². The Labute approximate surface area is 195 Å². The molecule has 0 spiro atoms. The largest absolute Gasteiger partial charge is 0.332 e. The van der Waals surface area contributed by atoms with E-state index in [0.29, 0.717) is 31.0 Å². The summed E-state index contributed by atoms with van der Waals surface area (Å²) in [6.45, 7) is 3.18. The quantitative estimate of drug-likeness (QED) is 0.698. The molecular weight excluding hydrogens is 414 g/mol. The third-order valence-electron chi connectivity index (χ3n) is 7.44. The number of nitrogens with zero attached hydrogens (tertiary/aromatic N) is 5. The molecule has 0 bridgehead atoms. The number of carbonyl (C=O) groups is 2. The molecule has 1 saturated heterocycles. The first kappa shape index (κ1) is 22.0. The van der Waals surface area contributed by atoms with Gasteiger partial charge < -0.3 is 4.90 Å². The average Bonchev–Trinajstić information content (AvgIpc) is 2.86. The summed E-state index contributed by atoms with van der Waals surface area (Å²) in [5.41, 5.74) is 2.79. The molecule has 7 heteroatoms. The van der Waals surface area contributed by atoms with Crippen molar-refractivity contribution in [3.8, 4) is 0 Å². The van der Waals surface area contributed by atoms with Gasteiger partial charge in [-0.25, -0.2) is 9.97 Å². The molecule has 1 saturated carbocycles. The van der Waals surface area contributed by atoms with Crippen LogP contribution < -0.4 is 4.90 Å². The summed E-state index contributed by atoms with van der Waals surface area (Å²) in [6.07, 6.45) is 11.4. The van der Waals surface area contributed by atoms with Gasteiger partial charge in [-0.05, 0) is 57.6 Å². The fourth-order valence-electron chi connectivity index (χ4n) is 5.62. The van der Waals surface area contributed by atoms with E-state index in [9.17, 15) is 9.59 Å². The van der Waals surface area contributed by atoms with Gasteiger partial charge >= 0.3 is 0 Å². The number of amides is 2.